The SMILES string of the molecule is Cc1ncc(-c2ccc(F)nc2)c(N2CCC(C)(C)CC2)c1CC(=O)O. The van der Waals surface area contributed by atoms with Crippen molar-refractivity contribution >= 4 is 11.7 Å². The summed E-state index contributed by atoms with van der Waals surface area (Å²) in [6, 6.07) is 2.98. The lowest BCUT2D eigenvalue weighted by molar-refractivity contribution is -0.136. The molecule has 3 heterocycles. The van der Waals surface area contributed by atoms with Crippen molar-refractivity contribution in [3.8, 4) is 11.1 Å². The maximum atomic E-state index is 13.2. The van der Waals surface area contributed by atoms with Gasteiger partial charge < -0.3 is 10.0 Å². The Morgan fingerprint density at radius 1 is 1.23 bits per heavy atom. The Balaban J connectivity index is 2.12. The Morgan fingerprint density at radius 3 is 2.50 bits per heavy atom. The summed E-state index contributed by atoms with van der Waals surface area (Å²) in [5.74, 6) is -1.43. The highest BCUT2D eigenvalue weighted by Gasteiger charge is 2.29. The van der Waals surface area contributed by atoms with E-state index in [-0.39, 0.29) is 11.8 Å². The van der Waals surface area contributed by atoms with E-state index in [0.717, 1.165) is 48.3 Å². The molecule has 0 aromatic carbocycles. The van der Waals surface area contributed by atoms with E-state index >= 15 is 0 Å². The summed E-state index contributed by atoms with van der Waals surface area (Å²) in [6.07, 6.45) is 5.19. The lowest BCUT2D eigenvalue weighted by atomic mass is 9.82. The average molecular weight is 357 g/mol. The van der Waals surface area contributed by atoms with E-state index in [1.54, 1.807) is 12.3 Å². The minimum Gasteiger partial charge on any atom is -0.481 e. The number of aromatic nitrogens is 2. The number of hydrogen-bond donors (Lipinski definition) is 1. The third-order valence-electron chi connectivity index (χ3n) is 5.16. The number of nitrogens with zero attached hydrogens (tertiary/aromatic N) is 3. The quantitative estimate of drug-likeness (QED) is 0.842. The maximum Gasteiger partial charge on any atom is 0.307 e. The Hall–Kier alpha value is -2.50. The topological polar surface area (TPSA) is 66.3 Å². The zero-order valence-electron chi connectivity index (χ0n) is 15.4. The third-order valence-corrected chi connectivity index (χ3v) is 5.16. The molecule has 0 atom stereocenters. The van der Waals surface area contributed by atoms with Gasteiger partial charge in [-0.2, -0.15) is 4.39 Å². The van der Waals surface area contributed by atoms with Crippen LogP contribution in [0, 0.1) is 18.3 Å². The molecule has 1 fully saturated rings. The second-order valence-electron chi connectivity index (χ2n) is 7.68. The first kappa shape index (κ1) is 18.3. The van der Waals surface area contributed by atoms with Gasteiger partial charge in [-0.05, 0) is 37.3 Å². The fourth-order valence-electron chi connectivity index (χ4n) is 3.44. The van der Waals surface area contributed by atoms with Gasteiger partial charge in [-0.15, -0.1) is 0 Å². The van der Waals surface area contributed by atoms with Crippen LogP contribution in [0.3, 0.4) is 0 Å². The van der Waals surface area contributed by atoms with Crippen LogP contribution in [0.15, 0.2) is 24.5 Å². The number of halogens is 1. The van der Waals surface area contributed by atoms with E-state index < -0.39 is 11.9 Å². The number of aliphatic carboxylic acids is 1. The molecule has 0 aliphatic carbocycles. The van der Waals surface area contributed by atoms with Crippen molar-refractivity contribution in [2.24, 2.45) is 5.41 Å². The van der Waals surface area contributed by atoms with Crippen LogP contribution in [0.2, 0.25) is 0 Å². The summed E-state index contributed by atoms with van der Waals surface area (Å²) in [4.78, 5) is 21.8. The largest absolute Gasteiger partial charge is 0.481 e. The van der Waals surface area contributed by atoms with Crippen LogP contribution in [-0.2, 0) is 11.2 Å². The van der Waals surface area contributed by atoms with E-state index in [1.165, 1.54) is 12.3 Å². The number of carboxylic acids is 1. The molecule has 0 bridgehead atoms. The van der Waals surface area contributed by atoms with E-state index in [0.29, 0.717) is 5.69 Å². The lowest BCUT2D eigenvalue weighted by Gasteiger charge is -2.40. The van der Waals surface area contributed by atoms with E-state index in [2.05, 4.69) is 28.7 Å². The van der Waals surface area contributed by atoms with Gasteiger partial charge in [0.1, 0.15) is 0 Å². The zero-order chi connectivity index (χ0) is 18.9. The van der Waals surface area contributed by atoms with Crippen LogP contribution in [0.1, 0.15) is 37.9 Å². The lowest BCUT2D eigenvalue weighted by Crippen LogP contribution is -2.38. The molecule has 3 rings (SSSR count). The molecule has 2 aromatic heterocycles. The second kappa shape index (κ2) is 7.02. The molecular weight excluding hydrogens is 333 g/mol. The fourth-order valence-corrected chi connectivity index (χ4v) is 3.44. The molecule has 0 radical (unpaired) electrons. The zero-order valence-corrected chi connectivity index (χ0v) is 15.4. The van der Waals surface area contributed by atoms with Gasteiger partial charge in [-0.1, -0.05) is 13.8 Å². The molecule has 1 aliphatic heterocycles. The van der Waals surface area contributed by atoms with E-state index in [9.17, 15) is 14.3 Å². The molecule has 2 aromatic rings. The maximum absolute atomic E-state index is 13.2. The summed E-state index contributed by atoms with van der Waals surface area (Å²) in [6.45, 7) is 8.05. The Morgan fingerprint density at radius 2 is 1.92 bits per heavy atom. The summed E-state index contributed by atoms with van der Waals surface area (Å²) in [5, 5.41) is 9.39. The molecule has 0 unspecified atom stereocenters. The van der Waals surface area contributed by atoms with Crippen molar-refractivity contribution in [2.75, 3.05) is 18.0 Å². The van der Waals surface area contributed by atoms with Crippen LogP contribution in [0.25, 0.3) is 11.1 Å². The number of hydrogen-bond acceptors (Lipinski definition) is 4. The van der Waals surface area contributed by atoms with Crippen molar-refractivity contribution in [3.63, 3.8) is 0 Å². The Labute approximate surface area is 152 Å². The number of rotatable bonds is 4. The average Bonchev–Trinajstić information content (AvgIpc) is 2.57. The fraction of sp³-hybridized carbons (Fsp3) is 0.450. The van der Waals surface area contributed by atoms with Gasteiger partial charge in [-0.25, -0.2) is 4.98 Å². The van der Waals surface area contributed by atoms with Crippen molar-refractivity contribution in [2.45, 2.75) is 40.0 Å². The number of anilines is 1. The second-order valence-corrected chi connectivity index (χ2v) is 7.68. The number of carboxylic acid groups (broad SMARTS) is 1. The number of piperidine rings is 1. The minimum absolute atomic E-state index is 0.0868. The van der Waals surface area contributed by atoms with Gasteiger partial charge in [0.2, 0.25) is 5.95 Å². The number of pyridine rings is 2. The third kappa shape index (κ3) is 3.84. The molecule has 26 heavy (non-hydrogen) atoms. The predicted molar refractivity (Wildman–Crippen MR) is 98.7 cm³/mol. The highest BCUT2D eigenvalue weighted by atomic mass is 19.1. The normalized spacial score (nSPS) is 16.5. The van der Waals surface area contributed by atoms with Gasteiger partial charge >= 0.3 is 5.97 Å². The highest BCUT2D eigenvalue weighted by molar-refractivity contribution is 5.84. The van der Waals surface area contributed by atoms with Gasteiger partial charge in [-0.3, -0.25) is 9.78 Å². The minimum atomic E-state index is -0.886. The van der Waals surface area contributed by atoms with Crippen molar-refractivity contribution in [3.05, 3.63) is 41.7 Å². The first-order chi connectivity index (χ1) is 12.3. The van der Waals surface area contributed by atoms with Crippen LogP contribution >= 0.6 is 0 Å². The molecule has 1 saturated heterocycles. The molecule has 1 N–H and O–H groups in total. The molecular formula is C20H24FN3O2. The first-order valence-corrected chi connectivity index (χ1v) is 8.84. The monoisotopic (exact) mass is 357 g/mol. The molecule has 5 nitrogen and oxygen atoms in total. The van der Waals surface area contributed by atoms with Crippen LogP contribution in [0.4, 0.5) is 10.1 Å². The van der Waals surface area contributed by atoms with Crippen molar-refractivity contribution in [1.82, 2.24) is 9.97 Å². The van der Waals surface area contributed by atoms with Crippen LogP contribution in [0.5, 0.6) is 0 Å². The Kier molecular flexibility index (Phi) is 4.94. The van der Waals surface area contributed by atoms with Gasteiger partial charge in [0.25, 0.3) is 0 Å². The summed E-state index contributed by atoms with van der Waals surface area (Å²) < 4.78 is 13.2. The molecule has 0 amide bonds. The van der Waals surface area contributed by atoms with Gasteiger partial charge in [0, 0.05) is 47.9 Å². The van der Waals surface area contributed by atoms with Crippen LogP contribution < -0.4 is 4.90 Å². The molecule has 0 saturated carbocycles. The molecule has 6 heteroatoms. The molecule has 138 valence electrons. The van der Waals surface area contributed by atoms with E-state index in [1.807, 2.05) is 6.92 Å². The van der Waals surface area contributed by atoms with Gasteiger partial charge in [0.15, 0.2) is 0 Å². The Bertz CT molecular complexity index is 809. The number of carbonyl (C=O) groups is 1. The molecule has 0 spiro atoms. The summed E-state index contributed by atoms with van der Waals surface area (Å²) in [7, 11) is 0. The van der Waals surface area contributed by atoms with Crippen LogP contribution in [-0.4, -0.2) is 34.1 Å². The molecule has 1 aliphatic rings. The highest BCUT2D eigenvalue weighted by Crippen LogP contribution is 2.39. The standard InChI is InChI=1S/C20H24FN3O2/c1-13-15(10-18(25)26)19(24-8-6-20(2,3)7-9-24)16(12-22-13)14-4-5-17(21)23-11-14/h4-5,11-12H,6-10H2,1-3H3,(H,25,26). The summed E-state index contributed by atoms with van der Waals surface area (Å²) in [5.41, 5.74) is 4.15. The van der Waals surface area contributed by atoms with Crippen molar-refractivity contribution in [1.29, 1.82) is 0 Å². The number of aryl methyl sites for hydroxylation is 1. The van der Waals surface area contributed by atoms with Crippen molar-refractivity contribution < 1.29 is 14.3 Å². The van der Waals surface area contributed by atoms with Gasteiger partial charge in [0.05, 0.1) is 12.1 Å². The van der Waals surface area contributed by atoms with E-state index in [4.69, 9.17) is 0 Å². The smallest absolute Gasteiger partial charge is 0.307 e. The predicted octanol–water partition coefficient (Wildman–Crippen LogP) is 3.84. The first-order valence-electron chi connectivity index (χ1n) is 8.84. The summed E-state index contributed by atoms with van der Waals surface area (Å²) >= 11 is 0.